The predicted octanol–water partition coefficient (Wildman–Crippen LogP) is 1.75. The van der Waals surface area contributed by atoms with Gasteiger partial charge in [0.15, 0.2) is 0 Å². The highest BCUT2D eigenvalue weighted by Gasteiger charge is 2.18. The van der Waals surface area contributed by atoms with Crippen LogP contribution in [-0.2, 0) is 6.54 Å². The number of nitrogens with zero attached hydrogens (tertiary/aromatic N) is 2. The first-order valence-corrected chi connectivity index (χ1v) is 6.99. The van der Waals surface area contributed by atoms with Crippen molar-refractivity contribution < 1.29 is 5.11 Å². The Morgan fingerprint density at radius 1 is 1.37 bits per heavy atom. The van der Waals surface area contributed by atoms with E-state index < -0.39 is 0 Å². The van der Waals surface area contributed by atoms with Crippen LogP contribution in [0.5, 0.6) is 5.75 Å². The maximum atomic E-state index is 9.42. The zero-order valence-corrected chi connectivity index (χ0v) is 12.0. The summed E-state index contributed by atoms with van der Waals surface area (Å²) in [5.41, 5.74) is 7.34. The second-order valence-electron chi connectivity index (χ2n) is 5.84. The molecule has 2 rings (SSSR count). The molecule has 0 bridgehead atoms. The van der Waals surface area contributed by atoms with Crippen molar-refractivity contribution >= 4 is 5.69 Å². The monoisotopic (exact) mass is 263 g/mol. The van der Waals surface area contributed by atoms with Gasteiger partial charge >= 0.3 is 0 Å². The summed E-state index contributed by atoms with van der Waals surface area (Å²) in [6.45, 7) is 4.45. The summed E-state index contributed by atoms with van der Waals surface area (Å²) < 4.78 is 0. The minimum atomic E-state index is 0.168. The molecule has 0 saturated carbocycles. The Balaban J connectivity index is 1.83. The van der Waals surface area contributed by atoms with Gasteiger partial charge in [-0.15, -0.1) is 0 Å². The van der Waals surface area contributed by atoms with Crippen molar-refractivity contribution in [1.29, 1.82) is 0 Å². The standard InChI is InChI=1S/C15H25N3O/c1-17-7-5-12(6-8-17)10-18(2)11-13-3-4-15(19)14(16)9-13/h3-4,9,12,19H,5-8,10-11,16H2,1-2H3. The SMILES string of the molecule is CN1CCC(CN(C)Cc2ccc(O)c(N)c2)CC1. The van der Waals surface area contributed by atoms with Crippen molar-refractivity contribution in [2.45, 2.75) is 19.4 Å². The van der Waals surface area contributed by atoms with Gasteiger partial charge in [-0.1, -0.05) is 6.07 Å². The van der Waals surface area contributed by atoms with E-state index in [1.165, 1.54) is 25.9 Å². The Bertz CT molecular complexity index is 414. The number of hydrogen-bond acceptors (Lipinski definition) is 4. The average molecular weight is 263 g/mol. The minimum Gasteiger partial charge on any atom is -0.506 e. The number of nitrogen functional groups attached to an aromatic ring is 1. The summed E-state index contributed by atoms with van der Waals surface area (Å²) in [4.78, 5) is 4.75. The van der Waals surface area contributed by atoms with Crippen molar-refractivity contribution in [2.75, 3.05) is 39.5 Å². The molecule has 1 saturated heterocycles. The summed E-state index contributed by atoms with van der Waals surface area (Å²) >= 11 is 0. The van der Waals surface area contributed by atoms with Gasteiger partial charge in [-0.3, -0.25) is 0 Å². The lowest BCUT2D eigenvalue weighted by atomic mass is 9.96. The zero-order chi connectivity index (χ0) is 13.8. The normalized spacial score (nSPS) is 18.1. The van der Waals surface area contributed by atoms with Gasteiger partial charge in [-0.05, 0) is 63.6 Å². The van der Waals surface area contributed by atoms with Gasteiger partial charge in [0, 0.05) is 13.1 Å². The Morgan fingerprint density at radius 3 is 2.68 bits per heavy atom. The Hall–Kier alpha value is -1.26. The Labute approximate surface area is 115 Å². The van der Waals surface area contributed by atoms with E-state index in [1.807, 2.05) is 12.1 Å². The third-order valence-corrected chi connectivity index (χ3v) is 3.95. The summed E-state index contributed by atoms with van der Waals surface area (Å²) in [5, 5.41) is 9.42. The molecule has 3 N–H and O–H groups in total. The fourth-order valence-electron chi connectivity index (χ4n) is 2.76. The minimum absolute atomic E-state index is 0.168. The van der Waals surface area contributed by atoms with Crippen LogP contribution in [0.2, 0.25) is 0 Å². The van der Waals surface area contributed by atoms with Gasteiger partial charge in [0.05, 0.1) is 5.69 Å². The van der Waals surface area contributed by atoms with Gasteiger partial charge in [-0.2, -0.15) is 0 Å². The van der Waals surface area contributed by atoms with Crippen LogP contribution in [0.4, 0.5) is 5.69 Å². The molecule has 0 radical (unpaired) electrons. The number of hydrogen-bond donors (Lipinski definition) is 2. The van der Waals surface area contributed by atoms with Gasteiger partial charge in [0.25, 0.3) is 0 Å². The number of nitrogens with two attached hydrogens (primary N) is 1. The molecule has 1 aliphatic heterocycles. The van der Waals surface area contributed by atoms with Crippen LogP contribution in [0.1, 0.15) is 18.4 Å². The largest absolute Gasteiger partial charge is 0.506 e. The lowest BCUT2D eigenvalue weighted by Crippen LogP contribution is -2.35. The summed E-state index contributed by atoms with van der Waals surface area (Å²) in [6.07, 6.45) is 2.58. The van der Waals surface area contributed by atoms with E-state index in [2.05, 4.69) is 23.9 Å². The number of rotatable bonds is 4. The summed E-state index contributed by atoms with van der Waals surface area (Å²) in [5.74, 6) is 0.970. The number of piperidine rings is 1. The highest BCUT2D eigenvalue weighted by Crippen LogP contribution is 2.22. The van der Waals surface area contributed by atoms with Crippen LogP contribution in [-0.4, -0.2) is 48.6 Å². The lowest BCUT2D eigenvalue weighted by Gasteiger charge is -2.31. The molecule has 19 heavy (non-hydrogen) atoms. The van der Waals surface area contributed by atoms with Gasteiger partial charge < -0.3 is 20.6 Å². The van der Waals surface area contributed by atoms with Crippen molar-refractivity contribution in [3.63, 3.8) is 0 Å². The average Bonchev–Trinajstić information content (AvgIpc) is 2.37. The quantitative estimate of drug-likeness (QED) is 0.642. The maximum absolute atomic E-state index is 9.42. The molecule has 0 atom stereocenters. The first-order chi connectivity index (χ1) is 9.04. The topological polar surface area (TPSA) is 52.7 Å². The molecule has 4 heteroatoms. The number of phenolic OH excluding ortho intramolecular Hbond substituents is 1. The van der Waals surface area contributed by atoms with E-state index in [1.54, 1.807) is 6.07 Å². The fourth-order valence-corrected chi connectivity index (χ4v) is 2.76. The van der Waals surface area contributed by atoms with E-state index in [4.69, 9.17) is 5.73 Å². The molecule has 0 spiro atoms. The highest BCUT2D eigenvalue weighted by molar-refractivity contribution is 5.53. The van der Waals surface area contributed by atoms with Crippen LogP contribution in [0.3, 0.4) is 0 Å². The number of likely N-dealkylation sites (tertiary alicyclic amines) is 1. The summed E-state index contributed by atoms with van der Waals surface area (Å²) in [6, 6.07) is 5.48. The van der Waals surface area contributed by atoms with E-state index >= 15 is 0 Å². The first-order valence-electron chi connectivity index (χ1n) is 6.99. The van der Waals surface area contributed by atoms with Gasteiger partial charge in [-0.25, -0.2) is 0 Å². The molecule has 4 nitrogen and oxygen atoms in total. The number of benzene rings is 1. The Morgan fingerprint density at radius 2 is 2.05 bits per heavy atom. The molecule has 0 amide bonds. The molecular weight excluding hydrogens is 238 g/mol. The third-order valence-electron chi connectivity index (χ3n) is 3.95. The number of anilines is 1. The van der Waals surface area contributed by atoms with Crippen LogP contribution >= 0.6 is 0 Å². The van der Waals surface area contributed by atoms with E-state index in [9.17, 15) is 5.11 Å². The van der Waals surface area contributed by atoms with Crippen molar-refractivity contribution in [1.82, 2.24) is 9.80 Å². The molecular formula is C15H25N3O. The molecule has 1 heterocycles. The van der Waals surface area contributed by atoms with Crippen LogP contribution < -0.4 is 5.73 Å². The smallest absolute Gasteiger partial charge is 0.138 e. The zero-order valence-electron chi connectivity index (χ0n) is 12.0. The van der Waals surface area contributed by atoms with Crippen LogP contribution in [0.25, 0.3) is 0 Å². The third kappa shape index (κ3) is 4.11. The van der Waals surface area contributed by atoms with Crippen molar-refractivity contribution in [3.05, 3.63) is 23.8 Å². The van der Waals surface area contributed by atoms with Crippen molar-refractivity contribution in [3.8, 4) is 5.75 Å². The molecule has 1 aliphatic rings. The molecule has 1 fully saturated rings. The van der Waals surface area contributed by atoms with Crippen LogP contribution in [0.15, 0.2) is 18.2 Å². The van der Waals surface area contributed by atoms with Gasteiger partial charge in [0.1, 0.15) is 5.75 Å². The van der Waals surface area contributed by atoms with E-state index in [0.717, 1.165) is 24.6 Å². The van der Waals surface area contributed by atoms with Crippen molar-refractivity contribution in [2.24, 2.45) is 5.92 Å². The molecule has 0 aliphatic carbocycles. The second-order valence-corrected chi connectivity index (χ2v) is 5.84. The fraction of sp³-hybridized carbons (Fsp3) is 0.600. The lowest BCUT2D eigenvalue weighted by molar-refractivity contribution is 0.173. The Kier molecular flexibility index (Phi) is 4.66. The molecule has 1 aromatic rings. The molecule has 0 aromatic heterocycles. The number of aromatic hydroxyl groups is 1. The summed E-state index contributed by atoms with van der Waals surface area (Å²) in [7, 11) is 4.35. The second kappa shape index (κ2) is 6.26. The molecule has 1 aromatic carbocycles. The number of phenols is 1. The van der Waals surface area contributed by atoms with Crippen LogP contribution in [0, 0.1) is 5.92 Å². The van der Waals surface area contributed by atoms with E-state index in [-0.39, 0.29) is 5.75 Å². The highest BCUT2D eigenvalue weighted by atomic mass is 16.3. The molecule has 106 valence electrons. The molecule has 0 unspecified atom stereocenters. The maximum Gasteiger partial charge on any atom is 0.138 e. The van der Waals surface area contributed by atoms with E-state index in [0.29, 0.717) is 5.69 Å². The predicted molar refractivity (Wildman–Crippen MR) is 79.1 cm³/mol. The van der Waals surface area contributed by atoms with Gasteiger partial charge in [0.2, 0.25) is 0 Å². The first kappa shape index (κ1) is 14.2.